The van der Waals surface area contributed by atoms with Crippen molar-refractivity contribution in [2.75, 3.05) is 11.9 Å². The van der Waals surface area contributed by atoms with Gasteiger partial charge in [-0.05, 0) is 52.7 Å². The van der Waals surface area contributed by atoms with E-state index in [9.17, 15) is 9.59 Å². The second kappa shape index (κ2) is 7.94. The fourth-order valence-electron chi connectivity index (χ4n) is 1.84. The molecule has 2 rings (SSSR count). The van der Waals surface area contributed by atoms with Crippen molar-refractivity contribution in [1.29, 1.82) is 0 Å². The Labute approximate surface area is 142 Å². The first-order chi connectivity index (χ1) is 10.9. The minimum Gasteiger partial charge on any atom is -0.444 e. The lowest BCUT2D eigenvalue weighted by molar-refractivity contribution is -0.120. The van der Waals surface area contributed by atoms with Crippen LogP contribution in [0, 0.1) is 0 Å². The van der Waals surface area contributed by atoms with Crippen molar-refractivity contribution in [2.45, 2.75) is 19.4 Å². The fraction of sp³-hybridized carbons (Fsp3) is 0.250. The monoisotopic (exact) mass is 380 g/mol. The maximum Gasteiger partial charge on any atom is 0.291 e. The Morgan fingerprint density at radius 3 is 2.48 bits per heavy atom. The van der Waals surface area contributed by atoms with Crippen molar-refractivity contribution in [3.8, 4) is 0 Å². The number of nitrogens with one attached hydrogen (secondary N) is 2. The zero-order chi connectivity index (χ0) is 16.8. The number of anilines is 1. The highest BCUT2D eigenvalue weighted by atomic mass is 79.9. The average Bonchev–Trinajstić information content (AvgIpc) is 2.94. The molecule has 0 fully saturated rings. The molecule has 0 aliphatic rings. The average molecular weight is 381 g/mol. The Morgan fingerprint density at radius 2 is 1.91 bits per heavy atom. The van der Waals surface area contributed by atoms with Crippen molar-refractivity contribution in [3.63, 3.8) is 0 Å². The van der Waals surface area contributed by atoms with Crippen molar-refractivity contribution in [3.05, 3.63) is 52.4 Å². The summed E-state index contributed by atoms with van der Waals surface area (Å²) in [4.78, 5) is 23.6. The molecule has 2 aromatic rings. The lowest BCUT2D eigenvalue weighted by Crippen LogP contribution is -2.31. The molecule has 1 aromatic heterocycles. The van der Waals surface area contributed by atoms with Crippen molar-refractivity contribution in [1.82, 2.24) is 5.32 Å². The minimum atomic E-state index is -0.571. The van der Waals surface area contributed by atoms with E-state index in [-0.39, 0.29) is 30.5 Å². The summed E-state index contributed by atoms with van der Waals surface area (Å²) in [5, 5.41) is 14.4. The summed E-state index contributed by atoms with van der Waals surface area (Å²) in [6.07, 6.45) is -0.357. The molecule has 7 heteroatoms. The van der Waals surface area contributed by atoms with E-state index in [4.69, 9.17) is 9.52 Å². The molecule has 6 nitrogen and oxygen atoms in total. The summed E-state index contributed by atoms with van der Waals surface area (Å²) in [5.41, 5.74) is 1.42. The van der Waals surface area contributed by atoms with Crippen LogP contribution < -0.4 is 10.6 Å². The highest BCUT2D eigenvalue weighted by Crippen LogP contribution is 2.16. The normalized spacial score (nSPS) is 11.8. The highest BCUT2D eigenvalue weighted by Gasteiger charge is 2.11. The molecule has 0 saturated heterocycles. The van der Waals surface area contributed by atoms with Gasteiger partial charge in [0.1, 0.15) is 0 Å². The molecule has 1 aromatic carbocycles. The van der Waals surface area contributed by atoms with Crippen molar-refractivity contribution in [2.24, 2.45) is 0 Å². The van der Waals surface area contributed by atoms with Gasteiger partial charge in [-0.15, -0.1) is 0 Å². The van der Waals surface area contributed by atoms with E-state index in [0.717, 1.165) is 5.56 Å². The molecule has 1 heterocycles. The lowest BCUT2D eigenvalue weighted by Gasteiger charge is -2.08. The van der Waals surface area contributed by atoms with Crippen LogP contribution in [-0.4, -0.2) is 29.6 Å². The van der Waals surface area contributed by atoms with Gasteiger partial charge in [-0.1, -0.05) is 12.1 Å². The van der Waals surface area contributed by atoms with Crippen molar-refractivity contribution < 1.29 is 19.1 Å². The molecule has 2 amide bonds. The Bertz CT molecular complexity index is 680. The molecule has 0 spiro atoms. The van der Waals surface area contributed by atoms with Crippen LogP contribution in [0.4, 0.5) is 5.69 Å². The van der Waals surface area contributed by atoms with Gasteiger partial charge in [-0.25, -0.2) is 0 Å². The van der Waals surface area contributed by atoms with E-state index in [2.05, 4.69) is 26.6 Å². The molecule has 0 saturated carbocycles. The van der Waals surface area contributed by atoms with Crippen LogP contribution in [0.1, 0.15) is 23.0 Å². The molecule has 23 heavy (non-hydrogen) atoms. The van der Waals surface area contributed by atoms with Gasteiger partial charge < -0.3 is 20.2 Å². The number of carbonyl (C=O) groups is 2. The van der Waals surface area contributed by atoms with E-state index in [1.807, 2.05) is 0 Å². The summed E-state index contributed by atoms with van der Waals surface area (Å²) in [7, 11) is 0. The number of hydrogen-bond donors (Lipinski definition) is 3. The minimum absolute atomic E-state index is 0.164. The van der Waals surface area contributed by atoms with Gasteiger partial charge in [0.05, 0.1) is 12.5 Å². The first kappa shape index (κ1) is 17.2. The van der Waals surface area contributed by atoms with Gasteiger partial charge in [0.2, 0.25) is 5.91 Å². The molecule has 3 N–H and O–H groups in total. The van der Waals surface area contributed by atoms with E-state index in [0.29, 0.717) is 10.4 Å². The third-order valence-electron chi connectivity index (χ3n) is 2.97. The topological polar surface area (TPSA) is 91.6 Å². The summed E-state index contributed by atoms with van der Waals surface area (Å²) in [5.74, 6) is -0.306. The predicted molar refractivity (Wildman–Crippen MR) is 89.2 cm³/mol. The van der Waals surface area contributed by atoms with Gasteiger partial charge in [-0.3, -0.25) is 9.59 Å². The number of furan rings is 1. The van der Waals surface area contributed by atoms with Crippen LogP contribution in [0.15, 0.2) is 45.5 Å². The van der Waals surface area contributed by atoms with Crippen LogP contribution in [0.25, 0.3) is 0 Å². The molecule has 1 unspecified atom stereocenters. The third kappa shape index (κ3) is 5.54. The molecule has 0 aliphatic carbocycles. The molecular formula is C16H17BrN2O4. The molecule has 0 bridgehead atoms. The Hall–Kier alpha value is -2.12. The molecule has 0 radical (unpaired) electrons. The Kier molecular flexibility index (Phi) is 5.95. The van der Waals surface area contributed by atoms with Gasteiger partial charge in [0, 0.05) is 12.2 Å². The molecule has 0 aliphatic heterocycles. The SMILES string of the molecule is CC(O)CNC(=O)Cc1ccc(NC(=O)c2ccc(Br)o2)cc1. The number of rotatable bonds is 6. The zero-order valence-corrected chi connectivity index (χ0v) is 14.1. The van der Waals surface area contributed by atoms with Gasteiger partial charge in [-0.2, -0.15) is 0 Å². The highest BCUT2D eigenvalue weighted by molar-refractivity contribution is 9.10. The predicted octanol–water partition coefficient (Wildman–Crippen LogP) is 2.33. The fourth-order valence-corrected chi connectivity index (χ4v) is 2.15. The van der Waals surface area contributed by atoms with E-state index in [1.54, 1.807) is 43.3 Å². The summed E-state index contributed by atoms with van der Waals surface area (Å²) in [6, 6.07) is 10.2. The largest absolute Gasteiger partial charge is 0.444 e. The lowest BCUT2D eigenvalue weighted by atomic mass is 10.1. The van der Waals surface area contributed by atoms with Crippen LogP contribution >= 0.6 is 15.9 Å². The van der Waals surface area contributed by atoms with Crippen LogP contribution in [0.2, 0.25) is 0 Å². The van der Waals surface area contributed by atoms with Gasteiger partial charge >= 0.3 is 0 Å². The smallest absolute Gasteiger partial charge is 0.291 e. The summed E-state index contributed by atoms with van der Waals surface area (Å²) >= 11 is 3.14. The van der Waals surface area contributed by atoms with Crippen LogP contribution in [0.3, 0.4) is 0 Å². The summed E-state index contributed by atoms with van der Waals surface area (Å²) in [6.45, 7) is 1.83. The molecule has 1 atom stereocenters. The second-order valence-electron chi connectivity index (χ2n) is 5.08. The van der Waals surface area contributed by atoms with E-state index >= 15 is 0 Å². The second-order valence-corrected chi connectivity index (χ2v) is 5.87. The maximum absolute atomic E-state index is 11.9. The van der Waals surface area contributed by atoms with Crippen LogP contribution in [0.5, 0.6) is 0 Å². The Balaban J connectivity index is 1.89. The third-order valence-corrected chi connectivity index (χ3v) is 3.39. The van der Waals surface area contributed by atoms with Crippen LogP contribution in [-0.2, 0) is 11.2 Å². The van der Waals surface area contributed by atoms with E-state index in [1.165, 1.54) is 0 Å². The Morgan fingerprint density at radius 1 is 1.22 bits per heavy atom. The molecular weight excluding hydrogens is 364 g/mol. The first-order valence-corrected chi connectivity index (χ1v) is 7.83. The van der Waals surface area contributed by atoms with Gasteiger partial charge in [0.25, 0.3) is 5.91 Å². The van der Waals surface area contributed by atoms with Crippen molar-refractivity contribution >= 4 is 33.4 Å². The first-order valence-electron chi connectivity index (χ1n) is 7.04. The molecule has 122 valence electrons. The maximum atomic E-state index is 11.9. The number of halogens is 1. The zero-order valence-electron chi connectivity index (χ0n) is 12.5. The van der Waals surface area contributed by atoms with Gasteiger partial charge in [0.15, 0.2) is 10.4 Å². The number of carbonyl (C=O) groups excluding carboxylic acids is 2. The number of benzene rings is 1. The number of aliphatic hydroxyl groups is 1. The van der Waals surface area contributed by atoms with E-state index < -0.39 is 6.10 Å². The number of amides is 2. The number of hydrogen-bond acceptors (Lipinski definition) is 4. The number of aliphatic hydroxyl groups excluding tert-OH is 1. The standard InChI is InChI=1S/C16H17BrN2O4/c1-10(20)9-18-15(21)8-11-2-4-12(5-3-11)19-16(22)13-6-7-14(17)23-13/h2-7,10,20H,8-9H2,1H3,(H,18,21)(H,19,22). The quantitative estimate of drug-likeness (QED) is 0.716. The summed E-state index contributed by atoms with van der Waals surface area (Å²) < 4.78 is 5.66.